The van der Waals surface area contributed by atoms with Crippen LogP contribution < -0.4 is 9.80 Å². The highest BCUT2D eigenvalue weighted by atomic mass is 15.3. The maximum atomic E-state index is 7.06. The molecule has 7 heteroatoms. The molecule has 0 aromatic carbocycles. The molecule has 0 radical (unpaired) electrons. The Hall–Kier alpha value is -3.14. The maximum Gasteiger partial charge on any atom is 0.205 e. The molecule has 7 nitrogen and oxygen atoms in total. The average molecular weight is 333 g/mol. The highest BCUT2D eigenvalue weighted by Crippen LogP contribution is 2.29. The molecule has 4 heterocycles. The summed E-state index contributed by atoms with van der Waals surface area (Å²) >= 11 is 0. The van der Waals surface area contributed by atoms with Crippen molar-refractivity contribution in [3.63, 3.8) is 0 Å². The van der Waals surface area contributed by atoms with Crippen LogP contribution in [0.15, 0.2) is 36.9 Å². The van der Waals surface area contributed by atoms with Gasteiger partial charge in [-0.25, -0.2) is 14.8 Å². The smallest absolute Gasteiger partial charge is 0.205 e. The van der Waals surface area contributed by atoms with Crippen molar-refractivity contribution < 1.29 is 0 Å². The summed E-state index contributed by atoms with van der Waals surface area (Å²) in [6, 6.07) is 6.17. The average Bonchev–Trinajstić information content (AvgIpc) is 3.32. The van der Waals surface area contributed by atoms with E-state index in [2.05, 4.69) is 41.5 Å². The third kappa shape index (κ3) is 2.76. The van der Waals surface area contributed by atoms with Gasteiger partial charge in [0.2, 0.25) is 5.69 Å². The Kier molecular flexibility index (Phi) is 3.94. The second kappa shape index (κ2) is 6.40. The third-order valence-electron chi connectivity index (χ3n) is 4.73. The van der Waals surface area contributed by atoms with E-state index in [-0.39, 0.29) is 0 Å². The zero-order valence-electron chi connectivity index (χ0n) is 14.1. The molecule has 1 atom stereocenters. The lowest BCUT2D eigenvalue weighted by molar-refractivity contribution is 0.646. The van der Waals surface area contributed by atoms with Crippen molar-refractivity contribution in [2.75, 3.05) is 29.4 Å². The topological polar surface area (TPSA) is 65.3 Å². The highest BCUT2D eigenvalue weighted by molar-refractivity contribution is 5.87. The largest absolute Gasteiger partial charge is 0.354 e. The molecule has 126 valence electrons. The molecule has 25 heavy (non-hydrogen) atoms. The van der Waals surface area contributed by atoms with Crippen LogP contribution in [-0.4, -0.2) is 45.6 Å². The van der Waals surface area contributed by atoms with Crippen LogP contribution in [0.25, 0.3) is 15.9 Å². The van der Waals surface area contributed by atoms with Gasteiger partial charge in [-0.3, -0.25) is 4.98 Å². The second-order valence-electron chi connectivity index (χ2n) is 6.10. The number of pyridine rings is 1. The molecule has 0 spiro atoms. The Balaban J connectivity index is 1.56. The quantitative estimate of drug-likeness (QED) is 0.744. The molecule has 4 rings (SSSR count). The van der Waals surface area contributed by atoms with Crippen LogP contribution in [-0.2, 0) is 0 Å². The van der Waals surface area contributed by atoms with Crippen molar-refractivity contribution >= 4 is 28.4 Å². The summed E-state index contributed by atoms with van der Waals surface area (Å²) in [7, 11) is 0. The number of hydrogen-bond donors (Lipinski definition) is 1. The molecule has 0 aliphatic carbocycles. The number of nitrogens with zero attached hydrogens (tertiary/aromatic N) is 6. The number of rotatable bonds is 4. The van der Waals surface area contributed by atoms with E-state index in [1.807, 2.05) is 24.4 Å². The van der Waals surface area contributed by atoms with Gasteiger partial charge in [-0.15, -0.1) is 0 Å². The summed E-state index contributed by atoms with van der Waals surface area (Å²) in [5.41, 5.74) is 1.45. The number of aromatic nitrogens is 4. The van der Waals surface area contributed by atoms with E-state index in [0.29, 0.717) is 11.7 Å². The first-order valence-corrected chi connectivity index (χ1v) is 8.43. The number of likely N-dealkylation sites (N-methyl/N-ethyl adjacent to an activating group) is 1. The number of H-pyrrole nitrogens is 1. The molecule has 3 aromatic heterocycles. The van der Waals surface area contributed by atoms with Gasteiger partial charge in [0.1, 0.15) is 23.6 Å². The maximum absolute atomic E-state index is 7.06. The first kappa shape index (κ1) is 15.4. The van der Waals surface area contributed by atoms with E-state index in [0.717, 1.165) is 48.7 Å². The van der Waals surface area contributed by atoms with E-state index < -0.39 is 0 Å². The summed E-state index contributed by atoms with van der Waals surface area (Å²) in [6.07, 6.45) is 6.21. The number of nitrogens with one attached hydrogen (secondary N) is 1. The molecule has 3 aromatic rings. The summed E-state index contributed by atoms with van der Waals surface area (Å²) in [4.78, 5) is 24.4. The van der Waals surface area contributed by atoms with Crippen molar-refractivity contribution in [2.45, 2.75) is 19.4 Å². The van der Waals surface area contributed by atoms with Crippen LogP contribution in [0.3, 0.4) is 0 Å². The first-order valence-electron chi connectivity index (χ1n) is 8.43. The fourth-order valence-corrected chi connectivity index (χ4v) is 3.52. The minimum Gasteiger partial charge on any atom is -0.354 e. The number of anilines is 2. The fraction of sp³-hybridized carbons (Fsp3) is 0.333. The Morgan fingerprint density at radius 1 is 1.32 bits per heavy atom. The van der Waals surface area contributed by atoms with Crippen LogP contribution in [0.5, 0.6) is 0 Å². The van der Waals surface area contributed by atoms with E-state index in [4.69, 9.17) is 6.57 Å². The van der Waals surface area contributed by atoms with Crippen molar-refractivity contribution in [1.29, 1.82) is 0 Å². The summed E-state index contributed by atoms with van der Waals surface area (Å²) in [5.74, 6) is 1.91. The lowest BCUT2D eigenvalue weighted by Crippen LogP contribution is -2.38. The zero-order valence-corrected chi connectivity index (χ0v) is 14.1. The van der Waals surface area contributed by atoms with Gasteiger partial charge < -0.3 is 14.8 Å². The van der Waals surface area contributed by atoms with Crippen molar-refractivity contribution in [3.05, 3.63) is 48.3 Å². The minimum absolute atomic E-state index is 0.375. The van der Waals surface area contributed by atoms with Crippen molar-refractivity contribution in [3.8, 4) is 0 Å². The lowest BCUT2D eigenvalue weighted by Gasteiger charge is -2.29. The Morgan fingerprint density at radius 2 is 2.24 bits per heavy atom. The molecule has 1 aliphatic heterocycles. The van der Waals surface area contributed by atoms with Gasteiger partial charge in [-0.05, 0) is 25.5 Å². The van der Waals surface area contributed by atoms with Crippen LogP contribution in [0.1, 0.15) is 13.3 Å². The first-order chi connectivity index (χ1) is 12.3. The number of aromatic amines is 1. The normalized spacial score (nSPS) is 17.0. The second-order valence-corrected chi connectivity index (χ2v) is 6.10. The van der Waals surface area contributed by atoms with Crippen molar-refractivity contribution in [1.82, 2.24) is 19.9 Å². The molecular formula is C18H19N7. The van der Waals surface area contributed by atoms with Crippen LogP contribution in [0.2, 0.25) is 0 Å². The van der Waals surface area contributed by atoms with Crippen LogP contribution in [0.4, 0.5) is 17.3 Å². The molecule has 0 amide bonds. The molecule has 1 aliphatic rings. The Morgan fingerprint density at radius 3 is 3.00 bits per heavy atom. The molecule has 1 fully saturated rings. The molecule has 0 saturated carbocycles. The van der Waals surface area contributed by atoms with E-state index in [1.54, 1.807) is 12.5 Å². The van der Waals surface area contributed by atoms with E-state index >= 15 is 0 Å². The summed E-state index contributed by atoms with van der Waals surface area (Å²) in [6.45, 7) is 11.9. The van der Waals surface area contributed by atoms with Gasteiger partial charge >= 0.3 is 0 Å². The number of hydrogen-bond acceptors (Lipinski definition) is 5. The standard InChI is InChI=1S/C18H19N7/c1-3-25(16-5-4-13(19-2)10-21-16)14-7-9-24(11-14)18-15-6-8-20-17(15)22-12-23-18/h4-6,8,10,12,14H,3,7,9,11H2,1H3,(H,20,22,23)/t14-/m1/s1. The minimum atomic E-state index is 0.375. The zero-order chi connectivity index (χ0) is 17.2. The van der Waals surface area contributed by atoms with E-state index in [1.165, 1.54) is 0 Å². The van der Waals surface area contributed by atoms with Crippen molar-refractivity contribution in [2.24, 2.45) is 0 Å². The molecular weight excluding hydrogens is 314 g/mol. The van der Waals surface area contributed by atoms with Gasteiger partial charge in [0.25, 0.3) is 0 Å². The lowest BCUT2D eigenvalue weighted by atomic mass is 10.2. The number of fused-ring (bicyclic) bond motifs is 1. The monoisotopic (exact) mass is 333 g/mol. The Bertz CT molecular complexity index is 909. The van der Waals surface area contributed by atoms with Gasteiger partial charge in [0, 0.05) is 38.1 Å². The third-order valence-corrected chi connectivity index (χ3v) is 4.73. The predicted molar refractivity (Wildman–Crippen MR) is 98.0 cm³/mol. The van der Waals surface area contributed by atoms with Gasteiger partial charge in [0.05, 0.1) is 12.0 Å². The van der Waals surface area contributed by atoms with Crippen LogP contribution >= 0.6 is 0 Å². The molecule has 1 saturated heterocycles. The predicted octanol–water partition coefficient (Wildman–Crippen LogP) is 3.01. The van der Waals surface area contributed by atoms with Gasteiger partial charge in [0.15, 0.2) is 0 Å². The van der Waals surface area contributed by atoms with Gasteiger partial charge in [-0.2, -0.15) is 0 Å². The summed E-state index contributed by atoms with van der Waals surface area (Å²) in [5, 5.41) is 1.06. The van der Waals surface area contributed by atoms with Crippen LogP contribution in [0, 0.1) is 6.57 Å². The SMILES string of the molecule is [C-]#[N+]c1ccc(N(CC)[C@@H]2CCN(c3ncnc4[nH]ccc34)C2)nc1. The fourth-order valence-electron chi connectivity index (χ4n) is 3.52. The van der Waals surface area contributed by atoms with Gasteiger partial charge in [-0.1, -0.05) is 6.07 Å². The molecule has 1 N–H and O–H groups in total. The highest BCUT2D eigenvalue weighted by Gasteiger charge is 2.29. The Labute approximate surface area is 146 Å². The molecule has 0 bridgehead atoms. The summed E-state index contributed by atoms with van der Waals surface area (Å²) < 4.78 is 0. The molecule has 0 unspecified atom stereocenters. The van der Waals surface area contributed by atoms with E-state index in [9.17, 15) is 0 Å².